The Balaban J connectivity index is 2.32. The van der Waals surface area contributed by atoms with Gasteiger partial charge in [-0.15, -0.1) is 0 Å². The van der Waals surface area contributed by atoms with Crippen molar-refractivity contribution in [2.24, 2.45) is 0 Å². The van der Waals surface area contributed by atoms with Gasteiger partial charge < -0.3 is 9.47 Å². The first kappa shape index (κ1) is 11.3. The lowest BCUT2D eigenvalue weighted by Gasteiger charge is -2.24. The molecular formula is C11H20O3. The minimum atomic E-state index is -0.510. The Labute approximate surface area is 85.8 Å². The molecule has 0 aromatic rings. The number of hydrogen-bond acceptors (Lipinski definition) is 3. The average Bonchev–Trinajstić information content (AvgIpc) is 2.51. The van der Waals surface area contributed by atoms with Gasteiger partial charge in [0.15, 0.2) is 0 Å². The molecule has 0 spiro atoms. The van der Waals surface area contributed by atoms with Gasteiger partial charge in [-0.1, -0.05) is 6.92 Å². The van der Waals surface area contributed by atoms with Crippen LogP contribution in [0.2, 0.25) is 0 Å². The van der Waals surface area contributed by atoms with Gasteiger partial charge in [0, 0.05) is 0 Å². The molecule has 82 valence electrons. The molecule has 0 aromatic heterocycles. The van der Waals surface area contributed by atoms with Gasteiger partial charge in [0.25, 0.3) is 0 Å². The molecule has 14 heavy (non-hydrogen) atoms. The van der Waals surface area contributed by atoms with Crippen LogP contribution in [0.5, 0.6) is 0 Å². The zero-order valence-corrected chi connectivity index (χ0v) is 9.34. The van der Waals surface area contributed by atoms with E-state index in [0.717, 1.165) is 32.1 Å². The normalized spacial score (nSPS) is 21.6. The molecule has 0 N–H and O–H groups in total. The number of carbonyl (C=O) groups excluding carboxylic acids is 1. The second kappa shape index (κ2) is 4.67. The first-order valence-electron chi connectivity index (χ1n) is 5.45. The standard InChI is InChI=1S/C11H20O3/c1-4-9(2)13-10(12)14-11(3)7-5-6-8-11/h9H,4-8H2,1-3H3. The Hall–Kier alpha value is -0.730. The fourth-order valence-corrected chi connectivity index (χ4v) is 1.70. The Kier molecular flexibility index (Phi) is 3.78. The summed E-state index contributed by atoms with van der Waals surface area (Å²) in [4.78, 5) is 11.3. The predicted octanol–water partition coefficient (Wildman–Crippen LogP) is 3.27. The van der Waals surface area contributed by atoms with Crippen LogP contribution in [0.3, 0.4) is 0 Å². The van der Waals surface area contributed by atoms with Crippen molar-refractivity contribution in [3.63, 3.8) is 0 Å². The fraction of sp³-hybridized carbons (Fsp3) is 0.909. The highest BCUT2D eigenvalue weighted by Gasteiger charge is 2.33. The summed E-state index contributed by atoms with van der Waals surface area (Å²) >= 11 is 0. The lowest BCUT2D eigenvalue weighted by Crippen LogP contribution is -2.29. The largest absolute Gasteiger partial charge is 0.509 e. The summed E-state index contributed by atoms with van der Waals surface area (Å²) in [6.07, 6.45) is 4.48. The summed E-state index contributed by atoms with van der Waals surface area (Å²) in [5.74, 6) is 0. The fourth-order valence-electron chi connectivity index (χ4n) is 1.70. The molecule has 1 rings (SSSR count). The van der Waals surface area contributed by atoms with E-state index in [4.69, 9.17) is 9.47 Å². The van der Waals surface area contributed by atoms with E-state index in [1.807, 2.05) is 20.8 Å². The molecule has 0 saturated heterocycles. The van der Waals surface area contributed by atoms with E-state index in [1.54, 1.807) is 0 Å². The van der Waals surface area contributed by atoms with Crippen LogP contribution in [0.15, 0.2) is 0 Å². The van der Waals surface area contributed by atoms with E-state index in [1.165, 1.54) is 0 Å². The molecular weight excluding hydrogens is 180 g/mol. The van der Waals surface area contributed by atoms with Crippen molar-refractivity contribution >= 4 is 6.16 Å². The molecule has 0 radical (unpaired) electrons. The van der Waals surface area contributed by atoms with Crippen LogP contribution in [0.1, 0.15) is 52.9 Å². The summed E-state index contributed by atoms with van der Waals surface area (Å²) in [5.41, 5.74) is -0.273. The van der Waals surface area contributed by atoms with E-state index in [9.17, 15) is 4.79 Å². The lowest BCUT2D eigenvalue weighted by atomic mass is 10.1. The molecule has 0 bridgehead atoms. The molecule has 3 nitrogen and oxygen atoms in total. The van der Waals surface area contributed by atoms with Gasteiger partial charge in [-0.3, -0.25) is 0 Å². The Morgan fingerprint density at radius 3 is 2.50 bits per heavy atom. The third-order valence-corrected chi connectivity index (χ3v) is 2.86. The third-order valence-electron chi connectivity index (χ3n) is 2.86. The van der Waals surface area contributed by atoms with Crippen LogP contribution >= 0.6 is 0 Å². The van der Waals surface area contributed by atoms with Crippen LogP contribution in [0.4, 0.5) is 4.79 Å². The summed E-state index contributed by atoms with van der Waals surface area (Å²) in [6, 6.07) is 0. The summed E-state index contributed by atoms with van der Waals surface area (Å²) < 4.78 is 10.4. The zero-order chi connectivity index (χ0) is 10.6. The molecule has 1 saturated carbocycles. The minimum absolute atomic E-state index is 0.0486. The third kappa shape index (κ3) is 3.20. The molecule has 1 aliphatic rings. The maximum atomic E-state index is 11.3. The number of carbonyl (C=O) groups is 1. The maximum absolute atomic E-state index is 11.3. The lowest BCUT2D eigenvalue weighted by molar-refractivity contribution is -0.0366. The zero-order valence-electron chi connectivity index (χ0n) is 9.34. The summed E-state index contributed by atoms with van der Waals surface area (Å²) in [7, 11) is 0. The van der Waals surface area contributed by atoms with E-state index in [-0.39, 0.29) is 11.7 Å². The Bertz CT molecular complexity index is 195. The number of ether oxygens (including phenoxy) is 2. The van der Waals surface area contributed by atoms with E-state index in [0.29, 0.717) is 0 Å². The maximum Gasteiger partial charge on any atom is 0.509 e. The van der Waals surface area contributed by atoms with Crippen molar-refractivity contribution in [3.8, 4) is 0 Å². The first-order valence-corrected chi connectivity index (χ1v) is 5.45. The predicted molar refractivity (Wildman–Crippen MR) is 54.2 cm³/mol. The van der Waals surface area contributed by atoms with Crippen molar-refractivity contribution < 1.29 is 14.3 Å². The molecule has 1 fully saturated rings. The van der Waals surface area contributed by atoms with Gasteiger partial charge >= 0.3 is 6.16 Å². The Morgan fingerprint density at radius 1 is 1.43 bits per heavy atom. The quantitative estimate of drug-likeness (QED) is 0.656. The second-order valence-corrected chi connectivity index (χ2v) is 4.35. The van der Waals surface area contributed by atoms with Gasteiger partial charge in [0.1, 0.15) is 11.7 Å². The van der Waals surface area contributed by atoms with Crippen molar-refractivity contribution in [2.45, 2.75) is 64.6 Å². The molecule has 0 amide bonds. The van der Waals surface area contributed by atoms with E-state index >= 15 is 0 Å². The molecule has 0 aromatic carbocycles. The molecule has 1 atom stereocenters. The molecule has 0 aliphatic heterocycles. The molecule has 3 heteroatoms. The second-order valence-electron chi connectivity index (χ2n) is 4.35. The van der Waals surface area contributed by atoms with Crippen LogP contribution in [-0.4, -0.2) is 17.9 Å². The summed E-state index contributed by atoms with van der Waals surface area (Å²) in [6.45, 7) is 5.84. The van der Waals surface area contributed by atoms with Crippen LogP contribution in [-0.2, 0) is 9.47 Å². The van der Waals surface area contributed by atoms with Crippen molar-refractivity contribution in [3.05, 3.63) is 0 Å². The number of rotatable bonds is 3. The van der Waals surface area contributed by atoms with Gasteiger partial charge in [-0.2, -0.15) is 0 Å². The van der Waals surface area contributed by atoms with E-state index < -0.39 is 6.16 Å². The van der Waals surface area contributed by atoms with Crippen LogP contribution in [0, 0.1) is 0 Å². The SMILES string of the molecule is CCC(C)OC(=O)OC1(C)CCCC1. The van der Waals surface area contributed by atoms with E-state index in [2.05, 4.69) is 0 Å². The summed E-state index contributed by atoms with van der Waals surface area (Å²) in [5, 5.41) is 0. The van der Waals surface area contributed by atoms with Crippen LogP contribution in [0.25, 0.3) is 0 Å². The molecule has 1 unspecified atom stereocenters. The van der Waals surface area contributed by atoms with Gasteiger partial charge in [0.2, 0.25) is 0 Å². The Morgan fingerprint density at radius 2 is 2.00 bits per heavy atom. The average molecular weight is 200 g/mol. The highest BCUT2D eigenvalue weighted by molar-refractivity contribution is 5.60. The monoisotopic (exact) mass is 200 g/mol. The van der Waals surface area contributed by atoms with Crippen molar-refractivity contribution in [2.75, 3.05) is 0 Å². The highest BCUT2D eigenvalue weighted by atomic mass is 16.7. The van der Waals surface area contributed by atoms with Gasteiger partial charge in [0.05, 0.1) is 0 Å². The van der Waals surface area contributed by atoms with Crippen molar-refractivity contribution in [1.29, 1.82) is 0 Å². The number of hydrogen-bond donors (Lipinski definition) is 0. The van der Waals surface area contributed by atoms with Crippen LogP contribution < -0.4 is 0 Å². The van der Waals surface area contributed by atoms with Crippen molar-refractivity contribution in [1.82, 2.24) is 0 Å². The van der Waals surface area contributed by atoms with Gasteiger partial charge in [-0.05, 0) is 46.0 Å². The molecule has 1 aliphatic carbocycles. The smallest absolute Gasteiger partial charge is 0.431 e. The highest BCUT2D eigenvalue weighted by Crippen LogP contribution is 2.32. The topological polar surface area (TPSA) is 35.5 Å². The minimum Gasteiger partial charge on any atom is -0.431 e. The van der Waals surface area contributed by atoms with Gasteiger partial charge in [-0.25, -0.2) is 4.79 Å². The molecule has 0 heterocycles. The first-order chi connectivity index (χ1) is 6.56.